The third-order valence-electron chi connectivity index (χ3n) is 4.06. The molecule has 2 rings (SSSR count). The average molecular weight is 267 g/mol. The van der Waals surface area contributed by atoms with Crippen LogP contribution < -0.4 is 16.0 Å². The maximum absolute atomic E-state index is 11.9. The minimum Gasteiger partial charge on any atom is -0.356 e. The van der Waals surface area contributed by atoms with E-state index in [0.29, 0.717) is 12.3 Å². The summed E-state index contributed by atoms with van der Waals surface area (Å²) in [5.41, 5.74) is 0. The topological polar surface area (TPSA) is 70.2 Å². The second-order valence-electron chi connectivity index (χ2n) is 5.92. The van der Waals surface area contributed by atoms with Crippen LogP contribution in [0.2, 0.25) is 0 Å². The van der Waals surface area contributed by atoms with Gasteiger partial charge in [0.25, 0.3) is 0 Å². The zero-order valence-electron chi connectivity index (χ0n) is 11.7. The van der Waals surface area contributed by atoms with Crippen molar-refractivity contribution in [2.45, 2.75) is 45.1 Å². The Balaban J connectivity index is 1.60. The molecule has 3 N–H and O–H groups in total. The van der Waals surface area contributed by atoms with Gasteiger partial charge in [0.05, 0.1) is 0 Å². The molecule has 1 saturated carbocycles. The Bertz CT molecular complexity index is 323. The quantitative estimate of drug-likeness (QED) is 0.653. The lowest BCUT2D eigenvalue weighted by atomic mass is 10.0. The first kappa shape index (κ1) is 14.3. The van der Waals surface area contributed by atoms with Crippen molar-refractivity contribution in [3.63, 3.8) is 0 Å². The fourth-order valence-electron chi connectivity index (χ4n) is 2.70. The molecule has 0 spiro atoms. The van der Waals surface area contributed by atoms with Gasteiger partial charge < -0.3 is 16.0 Å². The fraction of sp³-hybridized carbons (Fsp3) is 0.857. The molecular formula is C14H25N3O2. The highest BCUT2D eigenvalue weighted by Gasteiger charge is 2.24. The van der Waals surface area contributed by atoms with Crippen LogP contribution in [-0.4, -0.2) is 37.5 Å². The molecule has 1 aliphatic carbocycles. The molecule has 1 aliphatic heterocycles. The molecule has 0 aromatic heterocycles. The van der Waals surface area contributed by atoms with E-state index < -0.39 is 0 Å². The molecule has 19 heavy (non-hydrogen) atoms. The minimum atomic E-state index is -0.0763. The van der Waals surface area contributed by atoms with Gasteiger partial charge >= 0.3 is 0 Å². The highest BCUT2D eigenvalue weighted by atomic mass is 16.2. The second-order valence-corrected chi connectivity index (χ2v) is 5.92. The predicted molar refractivity (Wildman–Crippen MR) is 73.5 cm³/mol. The molecule has 108 valence electrons. The Morgan fingerprint density at radius 3 is 2.53 bits per heavy atom. The molecular weight excluding hydrogens is 242 g/mol. The van der Waals surface area contributed by atoms with Gasteiger partial charge in [-0.3, -0.25) is 9.59 Å². The Morgan fingerprint density at radius 2 is 1.95 bits per heavy atom. The van der Waals surface area contributed by atoms with Crippen LogP contribution in [0.5, 0.6) is 0 Å². The van der Waals surface area contributed by atoms with Crippen molar-refractivity contribution < 1.29 is 9.59 Å². The lowest BCUT2D eigenvalue weighted by Crippen LogP contribution is -2.48. The molecule has 1 heterocycles. The van der Waals surface area contributed by atoms with E-state index in [1.807, 2.05) is 6.92 Å². The van der Waals surface area contributed by atoms with E-state index in [-0.39, 0.29) is 23.8 Å². The van der Waals surface area contributed by atoms with Gasteiger partial charge in [-0.15, -0.1) is 0 Å². The number of rotatable bonds is 6. The van der Waals surface area contributed by atoms with Crippen molar-refractivity contribution in [1.82, 2.24) is 16.0 Å². The third-order valence-corrected chi connectivity index (χ3v) is 4.06. The van der Waals surface area contributed by atoms with E-state index in [9.17, 15) is 9.59 Å². The first-order chi connectivity index (χ1) is 9.15. The monoisotopic (exact) mass is 267 g/mol. The number of amides is 2. The number of nitrogens with one attached hydrogen (secondary N) is 3. The highest BCUT2D eigenvalue weighted by molar-refractivity contribution is 5.81. The van der Waals surface area contributed by atoms with E-state index >= 15 is 0 Å². The summed E-state index contributed by atoms with van der Waals surface area (Å²) in [7, 11) is 0. The van der Waals surface area contributed by atoms with Crippen LogP contribution in [0.3, 0.4) is 0 Å². The van der Waals surface area contributed by atoms with Crippen LogP contribution in [0.25, 0.3) is 0 Å². The molecule has 0 aromatic carbocycles. The first-order valence-corrected chi connectivity index (χ1v) is 7.43. The Morgan fingerprint density at radius 1 is 1.26 bits per heavy atom. The maximum Gasteiger partial charge on any atom is 0.223 e. The summed E-state index contributed by atoms with van der Waals surface area (Å²) < 4.78 is 0. The molecule has 1 saturated heterocycles. The standard InChI is InChI=1S/C14H25N3O2/c1-10(17-14(19)12-4-2-3-5-12)6-13(18)16-9-11-7-15-8-11/h10-12,15H,2-9H2,1H3,(H,16,18)(H,17,19). The molecule has 2 amide bonds. The Kier molecular flexibility index (Phi) is 5.19. The van der Waals surface area contributed by atoms with Crippen LogP contribution in [0.15, 0.2) is 0 Å². The van der Waals surface area contributed by atoms with E-state index in [2.05, 4.69) is 16.0 Å². The molecule has 5 nitrogen and oxygen atoms in total. The van der Waals surface area contributed by atoms with E-state index in [0.717, 1.165) is 45.3 Å². The highest BCUT2D eigenvalue weighted by Crippen LogP contribution is 2.24. The van der Waals surface area contributed by atoms with Crippen LogP contribution >= 0.6 is 0 Å². The average Bonchev–Trinajstić information content (AvgIpc) is 2.79. The van der Waals surface area contributed by atoms with Crippen molar-refractivity contribution in [3.8, 4) is 0 Å². The third kappa shape index (κ3) is 4.49. The van der Waals surface area contributed by atoms with Gasteiger partial charge in [-0.25, -0.2) is 0 Å². The summed E-state index contributed by atoms with van der Waals surface area (Å²) in [6.07, 6.45) is 4.68. The molecule has 5 heteroatoms. The fourth-order valence-corrected chi connectivity index (χ4v) is 2.70. The van der Waals surface area contributed by atoms with Crippen LogP contribution in [0.4, 0.5) is 0 Å². The van der Waals surface area contributed by atoms with Crippen molar-refractivity contribution in [2.75, 3.05) is 19.6 Å². The van der Waals surface area contributed by atoms with Gasteiger partial charge in [0, 0.05) is 43.9 Å². The van der Waals surface area contributed by atoms with Gasteiger partial charge in [0.1, 0.15) is 0 Å². The SMILES string of the molecule is CC(CC(=O)NCC1CNC1)NC(=O)C1CCCC1. The van der Waals surface area contributed by atoms with Gasteiger partial charge in [-0.1, -0.05) is 12.8 Å². The van der Waals surface area contributed by atoms with E-state index in [4.69, 9.17) is 0 Å². The molecule has 1 atom stereocenters. The molecule has 0 radical (unpaired) electrons. The van der Waals surface area contributed by atoms with Gasteiger partial charge in [0.2, 0.25) is 11.8 Å². The lowest BCUT2D eigenvalue weighted by molar-refractivity contribution is -0.126. The van der Waals surface area contributed by atoms with Gasteiger partial charge in [-0.2, -0.15) is 0 Å². The van der Waals surface area contributed by atoms with Crippen molar-refractivity contribution in [1.29, 1.82) is 0 Å². The molecule has 0 bridgehead atoms. The summed E-state index contributed by atoms with van der Waals surface area (Å²) in [5, 5.41) is 9.06. The zero-order chi connectivity index (χ0) is 13.7. The number of carbonyl (C=O) groups excluding carboxylic acids is 2. The maximum atomic E-state index is 11.9. The number of carbonyl (C=O) groups is 2. The summed E-state index contributed by atoms with van der Waals surface area (Å²) in [6, 6.07) is -0.0763. The van der Waals surface area contributed by atoms with Crippen LogP contribution in [0.1, 0.15) is 39.0 Å². The largest absolute Gasteiger partial charge is 0.356 e. The zero-order valence-corrected chi connectivity index (χ0v) is 11.7. The summed E-state index contributed by atoms with van der Waals surface area (Å²) in [6.45, 7) is 4.63. The van der Waals surface area contributed by atoms with Gasteiger partial charge in [-0.05, 0) is 19.8 Å². The van der Waals surface area contributed by atoms with Gasteiger partial charge in [0.15, 0.2) is 0 Å². The predicted octanol–water partition coefficient (Wildman–Crippen LogP) is 0.407. The molecule has 2 aliphatic rings. The van der Waals surface area contributed by atoms with Crippen LogP contribution in [-0.2, 0) is 9.59 Å². The van der Waals surface area contributed by atoms with E-state index in [1.165, 1.54) is 0 Å². The minimum absolute atomic E-state index is 0.0334. The van der Waals surface area contributed by atoms with Crippen molar-refractivity contribution in [2.24, 2.45) is 11.8 Å². The van der Waals surface area contributed by atoms with Crippen molar-refractivity contribution in [3.05, 3.63) is 0 Å². The van der Waals surface area contributed by atoms with Crippen molar-refractivity contribution >= 4 is 11.8 Å². The number of hydrogen-bond donors (Lipinski definition) is 3. The molecule has 0 aromatic rings. The van der Waals surface area contributed by atoms with E-state index in [1.54, 1.807) is 0 Å². The summed E-state index contributed by atoms with van der Waals surface area (Å²) in [4.78, 5) is 23.6. The normalized spacial score (nSPS) is 21.7. The second kappa shape index (κ2) is 6.89. The Labute approximate surface area is 114 Å². The lowest BCUT2D eigenvalue weighted by Gasteiger charge is -2.27. The smallest absolute Gasteiger partial charge is 0.223 e. The van der Waals surface area contributed by atoms with Crippen LogP contribution in [0, 0.1) is 11.8 Å². The summed E-state index contributed by atoms with van der Waals surface area (Å²) in [5.74, 6) is 0.908. The first-order valence-electron chi connectivity index (χ1n) is 7.43. The summed E-state index contributed by atoms with van der Waals surface area (Å²) >= 11 is 0. The molecule has 2 fully saturated rings. The number of hydrogen-bond acceptors (Lipinski definition) is 3. The Hall–Kier alpha value is -1.10. The molecule has 1 unspecified atom stereocenters.